The van der Waals surface area contributed by atoms with Crippen LogP contribution in [0.3, 0.4) is 0 Å². The molecule has 0 rings (SSSR count). The Morgan fingerprint density at radius 2 is 1.75 bits per heavy atom. The van der Waals surface area contributed by atoms with Gasteiger partial charge < -0.3 is 5.32 Å². The lowest BCUT2D eigenvalue weighted by Gasteiger charge is -2.04. The minimum absolute atomic E-state index is 0.614. The highest BCUT2D eigenvalue weighted by Crippen LogP contribution is 1.99. The molecule has 1 nitrogen and oxygen atoms in total. The molecule has 1 heteroatoms. The number of nitrogens with one attached hydrogen (secondary N) is 1. The van der Waals surface area contributed by atoms with Crippen LogP contribution in [0.15, 0.2) is 12.2 Å². The van der Waals surface area contributed by atoms with Gasteiger partial charge in [-0.05, 0) is 25.3 Å². The van der Waals surface area contributed by atoms with Gasteiger partial charge >= 0.3 is 0 Å². The van der Waals surface area contributed by atoms with Crippen molar-refractivity contribution in [3.05, 3.63) is 12.2 Å². The van der Waals surface area contributed by atoms with Crippen molar-refractivity contribution >= 4 is 0 Å². The zero-order valence-corrected chi connectivity index (χ0v) is 8.93. The number of hydrogen-bond donors (Lipinski definition) is 1. The second-order valence-corrected chi connectivity index (χ2v) is 4.00. The Balaban J connectivity index is 3.13. The highest BCUT2D eigenvalue weighted by molar-refractivity contribution is 4.83. The molecule has 0 heterocycles. The summed E-state index contributed by atoms with van der Waals surface area (Å²) in [6.45, 7) is 9.95. The van der Waals surface area contributed by atoms with Crippen molar-refractivity contribution in [2.75, 3.05) is 6.54 Å². The Morgan fingerprint density at radius 1 is 1.08 bits per heavy atom. The van der Waals surface area contributed by atoms with Crippen LogP contribution < -0.4 is 5.32 Å². The van der Waals surface area contributed by atoms with Crippen molar-refractivity contribution in [2.24, 2.45) is 5.92 Å². The first kappa shape index (κ1) is 11.7. The van der Waals surface area contributed by atoms with E-state index in [1.807, 2.05) is 0 Å². The summed E-state index contributed by atoms with van der Waals surface area (Å²) in [5, 5.41) is 3.38. The Bertz CT molecular complexity index is 114. The molecule has 0 radical (unpaired) electrons. The van der Waals surface area contributed by atoms with E-state index < -0.39 is 0 Å². The van der Waals surface area contributed by atoms with Crippen molar-refractivity contribution < 1.29 is 0 Å². The molecule has 0 aromatic carbocycles. The molecule has 0 aromatic rings. The molecule has 1 N–H and O–H groups in total. The van der Waals surface area contributed by atoms with Gasteiger partial charge in [0.25, 0.3) is 0 Å². The van der Waals surface area contributed by atoms with Crippen molar-refractivity contribution in [3.63, 3.8) is 0 Å². The maximum atomic E-state index is 3.38. The Morgan fingerprint density at radius 3 is 2.25 bits per heavy atom. The third kappa shape index (κ3) is 9.70. The van der Waals surface area contributed by atoms with E-state index in [0.29, 0.717) is 6.04 Å². The van der Waals surface area contributed by atoms with Crippen LogP contribution in [0.1, 0.15) is 40.5 Å². The van der Waals surface area contributed by atoms with Gasteiger partial charge in [0.1, 0.15) is 0 Å². The third-order valence-corrected chi connectivity index (χ3v) is 1.64. The second kappa shape index (κ2) is 7.35. The molecule has 0 spiro atoms. The van der Waals surface area contributed by atoms with Crippen molar-refractivity contribution in [3.8, 4) is 0 Å². The lowest BCUT2D eigenvalue weighted by atomic mass is 10.1. The maximum Gasteiger partial charge on any atom is 0.00105 e. The Labute approximate surface area is 77.2 Å². The molecular formula is C11H23N. The lowest BCUT2D eigenvalue weighted by molar-refractivity contribution is 0.593. The summed E-state index contributed by atoms with van der Waals surface area (Å²) < 4.78 is 0. The first-order chi connectivity index (χ1) is 5.63. The standard InChI is InChI=1S/C11H23N/c1-10(2)8-6-5-7-9-12-11(3)4/h5-6,10-12H,7-9H2,1-4H3. The molecule has 0 atom stereocenters. The van der Waals surface area contributed by atoms with Gasteiger partial charge in [0, 0.05) is 6.04 Å². The van der Waals surface area contributed by atoms with Crippen LogP contribution in [-0.4, -0.2) is 12.6 Å². The summed E-state index contributed by atoms with van der Waals surface area (Å²) in [4.78, 5) is 0. The molecule has 0 aliphatic heterocycles. The van der Waals surface area contributed by atoms with Gasteiger partial charge in [-0.2, -0.15) is 0 Å². The summed E-state index contributed by atoms with van der Waals surface area (Å²) in [6, 6.07) is 0.614. The summed E-state index contributed by atoms with van der Waals surface area (Å²) in [7, 11) is 0. The zero-order chi connectivity index (χ0) is 9.40. The largest absolute Gasteiger partial charge is 0.314 e. The predicted octanol–water partition coefficient (Wildman–Crippen LogP) is 2.98. The highest BCUT2D eigenvalue weighted by Gasteiger charge is 1.89. The summed E-state index contributed by atoms with van der Waals surface area (Å²) in [5.41, 5.74) is 0. The molecule has 0 aliphatic carbocycles. The SMILES string of the molecule is CC(C)CC=CCCNC(C)C. The predicted molar refractivity (Wildman–Crippen MR) is 56.4 cm³/mol. The molecule has 12 heavy (non-hydrogen) atoms. The van der Waals surface area contributed by atoms with Crippen LogP contribution in [0.2, 0.25) is 0 Å². The van der Waals surface area contributed by atoms with Gasteiger partial charge in [0.2, 0.25) is 0 Å². The van der Waals surface area contributed by atoms with Crippen molar-refractivity contribution in [2.45, 2.75) is 46.6 Å². The van der Waals surface area contributed by atoms with E-state index in [9.17, 15) is 0 Å². The van der Waals surface area contributed by atoms with Gasteiger partial charge in [-0.1, -0.05) is 39.8 Å². The normalized spacial score (nSPS) is 12.2. The van der Waals surface area contributed by atoms with Crippen LogP contribution >= 0.6 is 0 Å². The monoisotopic (exact) mass is 169 g/mol. The van der Waals surface area contributed by atoms with Gasteiger partial charge in [-0.15, -0.1) is 0 Å². The van der Waals surface area contributed by atoms with E-state index in [0.717, 1.165) is 18.9 Å². The van der Waals surface area contributed by atoms with Gasteiger partial charge in [0.05, 0.1) is 0 Å². The van der Waals surface area contributed by atoms with Gasteiger partial charge in [-0.3, -0.25) is 0 Å². The maximum absolute atomic E-state index is 3.38. The number of allylic oxidation sites excluding steroid dienone is 1. The van der Waals surface area contributed by atoms with Crippen LogP contribution in [0, 0.1) is 5.92 Å². The fourth-order valence-corrected chi connectivity index (χ4v) is 0.942. The molecule has 0 aromatic heterocycles. The molecule has 0 amide bonds. The van der Waals surface area contributed by atoms with Crippen LogP contribution in [0.25, 0.3) is 0 Å². The van der Waals surface area contributed by atoms with Crippen LogP contribution in [0.5, 0.6) is 0 Å². The second-order valence-electron chi connectivity index (χ2n) is 4.00. The highest BCUT2D eigenvalue weighted by atomic mass is 14.9. The topological polar surface area (TPSA) is 12.0 Å². The van der Waals surface area contributed by atoms with Gasteiger partial charge in [0.15, 0.2) is 0 Å². The molecule has 0 aliphatic rings. The average Bonchev–Trinajstić information content (AvgIpc) is 1.95. The molecule has 0 unspecified atom stereocenters. The molecule has 0 saturated carbocycles. The first-order valence-electron chi connectivity index (χ1n) is 5.01. The Hall–Kier alpha value is -0.300. The molecular weight excluding hydrogens is 146 g/mol. The molecule has 0 bridgehead atoms. The van der Waals surface area contributed by atoms with Crippen molar-refractivity contribution in [1.29, 1.82) is 0 Å². The van der Waals surface area contributed by atoms with E-state index >= 15 is 0 Å². The van der Waals surface area contributed by atoms with Crippen LogP contribution in [-0.2, 0) is 0 Å². The van der Waals surface area contributed by atoms with Gasteiger partial charge in [-0.25, -0.2) is 0 Å². The molecule has 0 saturated heterocycles. The van der Waals surface area contributed by atoms with Crippen LogP contribution in [0.4, 0.5) is 0 Å². The zero-order valence-electron chi connectivity index (χ0n) is 8.93. The first-order valence-corrected chi connectivity index (χ1v) is 5.01. The van der Waals surface area contributed by atoms with E-state index in [1.54, 1.807) is 0 Å². The summed E-state index contributed by atoms with van der Waals surface area (Å²) >= 11 is 0. The molecule has 0 fully saturated rings. The quantitative estimate of drug-likeness (QED) is 0.476. The fourth-order valence-electron chi connectivity index (χ4n) is 0.942. The smallest absolute Gasteiger partial charge is 0.00105 e. The minimum Gasteiger partial charge on any atom is -0.314 e. The van der Waals surface area contributed by atoms with E-state index in [-0.39, 0.29) is 0 Å². The summed E-state index contributed by atoms with van der Waals surface area (Å²) in [6.07, 6.45) is 6.93. The van der Waals surface area contributed by atoms with Crippen molar-refractivity contribution in [1.82, 2.24) is 5.32 Å². The minimum atomic E-state index is 0.614. The third-order valence-electron chi connectivity index (χ3n) is 1.64. The summed E-state index contributed by atoms with van der Waals surface area (Å²) in [5.74, 6) is 0.791. The average molecular weight is 169 g/mol. The fraction of sp³-hybridized carbons (Fsp3) is 0.818. The van der Waals surface area contributed by atoms with E-state index in [2.05, 4.69) is 45.2 Å². The number of rotatable bonds is 6. The number of hydrogen-bond acceptors (Lipinski definition) is 1. The molecule has 72 valence electrons. The Kier molecular flexibility index (Phi) is 7.17. The van der Waals surface area contributed by atoms with E-state index in [1.165, 1.54) is 6.42 Å². The lowest BCUT2D eigenvalue weighted by Crippen LogP contribution is -2.23. The van der Waals surface area contributed by atoms with E-state index in [4.69, 9.17) is 0 Å².